The zero-order valence-electron chi connectivity index (χ0n) is 17.7. The Morgan fingerprint density at radius 2 is 1.91 bits per heavy atom. The molecule has 2 N–H and O–H groups in total. The molecular formula is C25H22ClFN4O. The van der Waals surface area contributed by atoms with Gasteiger partial charge in [-0.25, -0.2) is 9.37 Å². The van der Waals surface area contributed by atoms with Gasteiger partial charge in [-0.2, -0.15) is 0 Å². The predicted molar refractivity (Wildman–Crippen MR) is 126 cm³/mol. The lowest BCUT2D eigenvalue weighted by molar-refractivity contribution is 0.0935. The van der Waals surface area contributed by atoms with Crippen molar-refractivity contribution in [1.82, 2.24) is 15.3 Å². The van der Waals surface area contributed by atoms with E-state index in [9.17, 15) is 9.18 Å². The van der Waals surface area contributed by atoms with Crippen LogP contribution in [0.1, 0.15) is 41.0 Å². The van der Waals surface area contributed by atoms with Gasteiger partial charge in [-0.3, -0.25) is 9.78 Å². The minimum atomic E-state index is -0.500. The van der Waals surface area contributed by atoms with E-state index in [1.165, 1.54) is 12.1 Å². The van der Waals surface area contributed by atoms with E-state index in [-0.39, 0.29) is 17.0 Å². The molecule has 32 heavy (non-hydrogen) atoms. The fraction of sp³-hybridized carbons (Fsp3) is 0.160. The molecule has 2 heterocycles. The first-order valence-corrected chi connectivity index (χ1v) is 10.7. The number of pyridine rings is 2. The summed E-state index contributed by atoms with van der Waals surface area (Å²) in [6, 6.07) is 15.4. The molecule has 1 amide bonds. The van der Waals surface area contributed by atoms with E-state index in [1.54, 1.807) is 24.5 Å². The number of anilines is 2. The molecule has 162 valence electrons. The van der Waals surface area contributed by atoms with Crippen LogP contribution in [0.2, 0.25) is 5.02 Å². The zero-order chi connectivity index (χ0) is 22.7. The van der Waals surface area contributed by atoms with Crippen molar-refractivity contribution in [2.75, 3.05) is 5.32 Å². The maximum absolute atomic E-state index is 13.9. The Labute approximate surface area is 190 Å². The Kier molecular flexibility index (Phi) is 6.32. The molecule has 0 saturated heterocycles. The van der Waals surface area contributed by atoms with E-state index in [1.807, 2.05) is 44.2 Å². The molecule has 0 radical (unpaired) electrons. The van der Waals surface area contributed by atoms with Crippen molar-refractivity contribution < 1.29 is 9.18 Å². The first-order chi connectivity index (χ1) is 15.4. The third-order valence-electron chi connectivity index (χ3n) is 5.21. The molecule has 1 atom stereocenters. The average molecular weight is 449 g/mol. The lowest BCUT2D eigenvalue weighted by Gasteiger charge is -2.18. The largest absolute Gasteiger partial charge is 0.345 e. The number of hydrogen-bond donors (Lipinski definition) is 2. The number of halogens is 2. The van der Waals surface area contributed by atoms with Crippen LogP contribution in [0.25, 0.3) is 10.8 Å². The van der Waals surface area contributed by atoms with E-state index in [0.717, 1.165) is 22.2 Å². The number of hydrogen-bond acceptors (Lipinski definition) is 4. The number of benzene rings is 2. The first kappa shape index (κ1) is 21.7. The van der Waals surface area contributed by atoms with Crippen LogP contribution in [0.4, 0.5) is 15.9 Å². The van der Waals surface area contributed by atoms with Crippen molar-refractivity contribution in [1.29, 1.82) is 0 Å². The summed E-state index contributed by atoms with van der Waals surface area (Å²) in [4.78, 5) is 21.6. The first-order valence-electron chi connectivity index (χ1n) is 10.3. The Morgan fingerprint density at radius 3 is 2.66 bits per heavy atom. The predicted octanol–water partition coefficient (Wildman–Crippen LogP) is 6.36. The molecule has 7 heteroatoms. The average Bonchev–Trinajstić information content (AvgIpc) is 2.78. The van der Waals surface area contributed by atoms with Crippen molar-refractivity contribution >= 4 is 39.8 Å². The number of nitrogens with zero attached hydrogens (tertiary/aromatic N) is 2. The van der Waals surface area contributed by atoms with Crippen LogP contribution in [0.3, 0.4) is 0 Å². The highest BCUT2D eigenvalue weighted by Crippen LogP contribution is 2.24. The second kappa shape index (κ2) is 9.32. The second-order valence-electron chi connectivity index (χ2n) is 7.55. The molecule has 0 bridgehead atoms. The standard InChI is InChI=1S/C25H22ClFN4O/c1-3-23(16-6-7-21(26)22(27)12-16)31-25(32)17-4-5-18-14-29-24(13-19(18)11-17)30-20-8-9-28-15(2)10-20/h4-14,23H,3H2,1-2H3,(H,31,32)(H,28,29,30)/t23-/m1/s1. The van der Waals surface area contributed by atoms with Gasteiger partial charge < -0.3 is 10.6 Å². The lowest BCUT2D eigenvalue weighted by Crippen LogP contribution is -2.28. The van der Waals surface area contributed by atoms with Gasteiger partial charge >= 0.3 is 0 Å². The van der Waals surface area contributed by atoms with Crippen LogP contribution in [0, 0.1) is 12.7 Å². The minimum Gasteiger partial charge on any atom is -0.345 e. The van der Waals surface area contributed by atoms with E-state index < -0.39 is 5.82 Å². The smallest absolute Gasteiger partial charge is 0.251 e. The third kappa shape index (κ3) is 4.86. The maximum atomic E-state index is 13.9. The number of carbonyl (C=O) groups excluding carboxylic acids is 1. The van der Waals surface area contributed by atoms with Gasteiger partial charge in [0, 0.05) is 34.7 Å². The van der Waals surface area contributed by atoms with Gasteiger partial charge in [0.15, 0.2) is 0 Å². The Balaban J connectivity index is 1.56. The van der Waals surface area contributed by atoms with Gasteiger partial charge in [0.25, 0.3) is 5.91 Å². The lowest BCUT2D eigenvalue weighted by atomic mass is 10.0. The van der Waals surface area contributed by atoms with E-state index in [2.05, 4.69) is 20.6 Å². The summed E-state index contributed by atoms with van der Waals surface area (Å²) in [5.74, 6) is -0.0617. The highest BCUT2D eigenvalue weighted by atomic mass is 35.5. The van der Waals surface area contributed by atoms with E-state index in [4.69, 9.17) is 11.6 Å². The summed E-state index contributed by atoms with van der Waals surface area (Å²) in [6.45, 7) is 3.86. The van der Waals surface area contributed by atoms with E-state index >= 15 is 0 Å². The number of rotatable bonds is 6. The van der Waals surface area contributed by atoms with Gasteiger partial charge in [-0.05, 0) is 66.8 Å². The monoisotopic (exact) mass is 448 g/mol. The van der Waals surface area contributed by atoms with Crippen molar-refractivity contribution in [3.8, 4) is 0 Å². The normalized spacial score (nSPS) is 11.9. The van der Waals surface area contributed by atoms with Gasteiger partial charge in [-0.15, -0.1) is 0 Å². The highest BCUT2D eigenvalue weighted by molar-refractivity contribution is 6.30. The molecule has 4 rings (SSSR count). The van der Waals surface area contributed by atoms with Gasteiger partial charge in [0.05, 0.1) is 11.1 Å². The summed E-state index contributed by atoms with van der Waals surface area (Å²) >= 11 is 5.78. The minimum absolute atomic E-state index is 0.0596. The summed E-state index contributed by atoms with van der Waals surface area (Å²) in [5.41, 5.74) is 2.98. The molecule has 0 aliphatic carbocycles. The maximum Gasteiger partial charge on any atom is 0.251 e. The fourth-order valence-corrected chi connectivity index (χ4v) is 3.63. The summed E-state index contributed by atoms with van der Waals surface area (Å²) < 4.78 is 13.9. The Hall–Kier alpha value is -3.51. The number of aryl methyl sites for hydroxylation is 1. The number of amides is 1. The van der Waals surface area contributed by atoms with Crippen LogP contribution in [0.5, 0.6) is 0 Å². The molecule has 0 saturated carbocycles. The highest BCUT2D eigenvalue weighted by Gasteiger charge is 2.16. The van der Waals surface area contributed by atoms with Crippen LogP contribution in [-0.4, -0.2) is 15.9 Å². The Morgan fingerprint density at radius 1 is 1.06 bits per heavy atom. The van der Waals surface area contributed by atoms with Gasteiger partial charge in [0.1, 0.15) is 11.6 Å². The Bertz CT molecular complexity index is 1290. The summed E-state index contributed by atoms with van der Waals surface area (Å²) in [6.07, 6.45) is 4.11. The SMILES string of the molecule is CC[C@@H](NC(=O)c1ccc2cnc(Nc3ccnc(C)c3)cc2c1)c1ccc(Cl)c(F)c1. The molecule has 2 aromatic heterocycles. The molecule has 0 spiro atoms. The number of carbonyl (C=O) groups is 1. The molecule has 4 aromatic rings. The second-order valence-corrected chi connectivity index (χ2v) is 7.96. The van der Waals surface area contributed by atoms with Crippen LogP contribution in [-0.2, 0) is 0 Å². The van der Waals surface area contributed by atoms with Crippen molar-refractivity contribution in [3.63, 3.8) is 0 Å². The van der Waals surface area contributed by atoms with Crippen molar-refractivity contribution in [2.45, 2.75) is 26.3 Å². The molecule has 2 aromatic carbocycles. The topological polar surface area (TPSA) is 66.9 Å². The molecular weight excluding hydrogens is 427 g/mol. The molecule has 0 aliphatic rings. The molecule has 0 fully saturated rings. The number of fused-ring (bicyclic) bond motifs is 1. The van der Waals surface area contributed by atoms with Crippen LogP contribution >= 0.6 is 11.6 Å². The van der Waals surface area contributed by atoms with Crippen molar-refractivity contribution in [2.24, 2.45) is 0 Å². The van der Waals surface area contributed by atoms with Crippen LogP contribution < -0.4 is 10.6 Å². The van der Waals surface area contributed by atoms with Crippen LogP contribution in [0.15, 0.2) is 67.0 Å². The fourth-order valence-electron chi connectivity index (χ4n) is 3.51. The molecule has 0 unspecified atom stereocenters. The van der Waals surface area contributed by atoms with Gasteiger partial charge in [0.2, 0.25) is 0 Å². The molecule has 0 aliphatic heterocycles. The third-order valence-corrected chi connectivity index (χ3v) is 5.52. The van der Waals surface area contributed by atoms with Gasteiger partial charge in [-0.1, -0.05) is 30.7 Å². The molecule has 5 nitrogen and oxygen atoms in total. The zero-order valence-corrected chi connectivity index (χ0v) is 18.4. The quantitative estimate of drug-likeness (QED) is 0.360. The number of aromatic nitrogens is 2. The summed E-state index contributed by atoms with van der Waals surface area (Å²) in [5, 5.41) is 8.11. The van der Waals surface area contributed by atoms with Crippen molar-refractivity contribution in [3.05, 3.63) is 94.7 Å². The summed E-state index contributed by atoms with van der Waals surface area (Å²) in [7, 11) is 0. The number of nitrogens with one attached hydrogen (secondary N) is 2. The van der Waals surface area contributed by atoms with E-state index in [0.29, 0.717) is 23.4 Å².